The third kappa shape index (κ3) is 3.47. The first-order valence-electron chi connectivity index (χ1n) is 10.3. The van der Waals surface area contributed by atoms with Crippen LogP contribution in [0, 0.1) is 16.7 Å². The van der Waals surface area contributed by atoms with E-state index in [1.165, 1.54) is 0 Å². The minimum atomic E-state index is -0.461. The molecule has 4 rings (SSSR count). The first-order valence-corrected chi connectivity index (χ1v) is 10.3. The lowest BCUT2D eigenvalue weighted by atomic mass is 9.69. The fraction of sp³-hybridized carbons (Fsp3) is 0.478. The van der Waals surface area contributed by atoms with Gasteiger partial charge < -0.3 is 15.2 Å². The van der Waals surface area contributed by atoms with E-state index in [1.807, 2.05) is 29.3 Å². The number of benzene rings is 1. The molecule has 0 aromatic heterocycles. The molecule has 2 N–H and O–H groups in total. The van der Waals surface area contributed by atoms with Crippen LogP contribution < -0.4 is 10.5 Å². The molecular formula is C23H28N4O3. The molecule has 0 radical (unpaired) electrons. The Morgan fingerprint density at radius 3 is 2.47 bits per heavy atom. The minimum Gasteiger partial charge on any atom is -0.497 e. The summed E-state index contributed by atoms with van der Waals surface area (Å²) in [6, 6.07) is 9.84. The third-order valence-electron chi connectivity index (χ3n) is 6.07. The van der Waals surface area contributed by atoms with E-state index >= 15 is 0 Å². The Balaban J connectivity index is 1.89. The van der Waals surface area contributed by atoms with Gasteiger partial charge in [-0.2, -0.15) is 5.26 Å². The molecule has 0 spiro atoms. The Kier molecular flexibility index (Phi) is 5.31. The van der Waals surface area contributed by atoms with Gasteiger partial charge in [0.25, 0.3) is 0 Å². The van der Waals surface area contributed by atoms with Crippen LogP contribution in [-0.2, 0) is 9.53 Å². The number of ether oxygens (including phenoxy) is 2. The van der Waals surface area contributed by atoms with Crippen molar-refractivity contribution in [1.29, 1.82) is 5.26 Å². The van der Waals surface area contributed by atoms with Gasteiger partial charge in [-0.3, -0.25) is 9.80 Å². The fourth-order valence-electron chi connectivity index (χ4n) is 4.70. The average Bonchev–Trinajstić information content (AvgIpc) is 2.73. The molecule has 0 bridgehead atoms. The number of nitriles is 1. The molecule has 0 unspecified atom stereocenters. The van der Waals surface area contributed by atoms with Gasteiger partial charge in [0, 0.05) is 30.8 Å². The van der Waals surface area contributed by atoms with Crippen LogP contribution in [0.3, 0.4) is 0 Å². The highest BCUT2D eigenvalue weighted by molar-refractivity contribution is 6.00. The summed E-state index contributed by atoms with van der Waals surface area (Å²) in [6.45, 7) is 6.72. The molecule has 1 aliphatic carbocycles. The van der Waals surface area contributed by atoms with Crippen LogP contribution in [-0.4, -0.2) is 49.2 Å². The highest BCUT2D eigenvalue weighted by Gasteiger charge is 2.45. The second-order valence-electron chi connectivity index (χ2n) is 8.80. The first kappa shape index (κ1) is 20.5. The van der Waals surface area contributed by atoms with E-state index in [0.717, 1.165) is 23.4 Å². The number of methoxy groups -OCH3 is 1. The molecule has 1 fully saturated rings. The monoisotopic (exact) mass is 408 g/mol. The van der Waals surface area contributed by atoms with Crippen molar-refractivity contribution in [2.45, 2.75) is 32.6 Å². The summed E-state index contributed by atoms with van der Waals surface area (Å²) < 4.78 is 10.8. The summed E-state index contributed by atoms with van der Waals surface area (Å²) in [6.07, 6.45) is 1.17. The van der Waals surface area contributed by atoms with E-state index in [9.17, 15) is 10.1 Å². The van der Waals surface area contributed by atoms with Gasteiger partial charge >= 0.3 is 0 Å². The average molecular weight is 409 g/mol. The number of carbonyl (C=O) groups is 1. The Bertz CT molecular complexity index is 950. The van der Waals surface area contributed by atoms with Crippen molar-refractivity contribution in [2.75, 3.05) is 33.4 Å². The second kappa shape index (κ2) is 7.78. The van der Waals surface area contributed by atoms with Gasteiger partial charge in [-0.1, -0.05) is 26.0 Å². The molecule has 158 valence electrons. The van der Waals surface area contributed by atoms with Crippen molar-refractivity contribution in [2.24, 2.45) is 11.1 Å². The molecule has 2 heterocycles. The standard InChI is InChI=1S/C23H28N4O3/c1-23(2)12-18-21(19(28)13-23)20(15-4-6-16(29-3)7-5-15)17(14-24)22(25)27(18)26-8-10-30-11-9-26/h4-7,20H,8-13,25H2,1-3H3/t20-/m1/s1. The number of hydrogen-bond donors (Lipinski definition) is 1. The van der Waals surface area contributed by atoms with Crippen LogP contribution in [0.5, 0.6) is 5.75 Å². The summed E-state index contributed by atoms with van der Waals surface area (Å²) in [5, 5.41) is 14.1. The van der Waals surface area contributed by atoms with Gasteiger partial charge in [-0.25, -0.2) is 5.01 Å². The van der Waals surface area contributed by atoms with Crippen LogP contribution in [0.25, 0.3) is 0 Å². The summed E-state index contributed by atoms with van der Waals surface area (Å²) in [7, 11) is 1.61. The van der Waals surface area contributed by atoms with E-state index in [0.29, 0.717) is 49.7 Å². The molecule has 1 aromatic carbocycles. The van der Waals surface area contributed by atoms with Gasteiger partial charge in [-0.15, -0.1) is 0 Å². The van der Waals surface area contributed by atoms with E-state index in [2.05, 4.69) is 24.9 Å². The maximum absolute atomic E-state index is 13.4. The van der Waals surface area contributed by atoms with Gasteiger partial charge in [0.15, 0.2) is 5.78 Å². The number of allylic oxidation sites excluding steroid dienone is 3. The predicted octanol–water partition coefficient (Wildman–Crippen LogP) is 2.68. The maximum atomic E-state index is 13.4. The van der Waals surface area contributed by atoms with E-state index in [-0.39, 0.29) is 11.2 Å². The first-order chi connectivity index (χ1) is 14.4. The van der Waals surface area contributed by atoms with Gasteiger partial charge in [-0.05, 0) is 29.5 Å². The Morgan fingerprint density at radius 1 is 1.20 bits per heavy atom. The van der Waals surface area contributed by atoms with Crippen LogP contribution in [0.2, 0.25) is 0 Å². The van der Waals surface area contributed by atoms with Crippen LogP contribution in [0.1, 0.15) is 38.2 Å². The highest BCUT2D eigenvalue weighted by atomic mass is 16.5. The van der Waals surface area contributed by atoms with Crippen molar-refractivity contribution in [3.63, 3.8) is 0 Å². The molecular weight excluding hydrogens is 380 g/mol. The number of ketones is 1. The lowest BCUT2D eigenvalue weighted by molar-refractivity contribution is -0.119. The summed E-state index contributed by atoms with van der Waals surface area (Å²) >= 11 is 0. The number of nitrogens with two attached hydrogens (primary N) is 1. The number of carbonyl (C=O) groups excluding carboxylic acids is 1. The normalized spacial score (nSPS) is 24.5. The molecule has 1 aromatic rings. The Hall–Kier alpha value is -2.82. The summed E-state index contributed by atoms with van der Waals surface area (Å²) in [5.41, 5.74) is 9.34. The number of rotatable bonds is 3. The summed E-state index contributed by atoms with van der Waals surface area (Å²) in [4.78, 5) is 13.4. The number of hydrogen-bond acceptors (Lipinski definition) is 7. The number of morpholine rings is 1. The SMILES string of the molecule is COc1ccc([C@@H]2C(C#N)=C(N)N(N3CCOCC3)C3=C2C(=O)CC(C)(C)C3)cc1. The minimum absolute atomic E-state index is 0.0839. The zero-order valence-electron chi connectivity index (χ0n) is 17.8. The largest absolute Gasteiger partial charge is 0.497 e. The van der Waals surface area contributed by atoms with Crippen LogP contribution in [0.15, 0.2) is 46.9 Å². The van der Waals surface area contributed by atoms with E-state index in [1.54, 1.807) is 7.11 Å². The lowest BCUT2D eigenvalue weighted by Crippen LogP contribution is -2.53. The van der Waals surface area contributed by atoms with Crippen LogP contribution >= 0.6 is 0 Å². The molecule has 1 atom stereocenters. The highest BCUT2D eigenvalue weighted by Crippen LogP contribution is 2.49. The molecule has 30 heavy (non-hydrogen) atoms. The second-order valence-corrected chi connectivity index (χ2v) is 8.80. The van der Waals surface area contributed by atoms with Crippen molar-refractivity contribution in [3.05, 3.63) is 52.5 Å². The Morgan fingerprint density at radius 2 is 1.87 bits per heavy atom. The van der Waals surface area contributed by atoms with Crippen LogP contribution in [0.4, 0.5) is 0 Å². The Labute approximate surface area is 177 Å². The van der Waals surface area contributed by atoms with Crippen molar-refractivity contribution < 1.29 is 14.3 Å². The summed E-state index contributed by atoms with van der Waals surface area (Å²) in [5.74, 6) is 0.757. The van der Waals surface area contributed by atoms with Gasteiger partial charge in [0.2, 0.25) is 0 Å². The fourth-order valence-corrected chi connectivity index (χ4v) is 4.70. The third-order valence-corrected chi connectivity index (χ3v) is 6.07. The number of hydrazine groups is 1. The zero-order chi connectivity index (χ0) is 21.5. The quantitative estimate of drug-likeness (QED) is 0.822. The van der Waals surface area contributed by atoms with E-state index in [4.69, 9.17) is 15.2 Å². The van der Waals surface area contributed by atoms with Crippen molar-refractivity contribution in [3.8, 4) is 11.8 Å². The predicted molar refractivity (Wildman–Crippen MR) is 112 cm³/mol. The maximum Gasteiger partial charge on any atom is 0.162 e. The molecule has 2 aliphatic heterocycles. The van der Waals surface area contributed by atoms with E-state index < -0.39 is 5.92 Å². The smallest absolute Gasteiger partial charge is 0.162 e. The molecule has 0 saturated carbocycles. The lowest BCUT2D eigenvalue weighted by Gasteiger charge is -2.48. The van der Waals surface area contributed by atoms with Gasteiger partial charge in [0.05, 0.1) is 37.9 Å². The van der Waals surface area contributed by atoms with Crippen molar-refractivity contribution in [1.82, 2.24) is 10.0 Å². The molecule has 3 aliphatic rings. The molecule has 7 nitrogen and oxygen atoms in total. The zero-order valence-corrected chi connectivity index (χ0v) is 17.8. The topological polar surface area (TPSA) is 91.8 Å². The van der Waals surface area contributed by atoms with Crippen molar-refractivity contribution >= 4 is 5.78 Å². The molecule has 0 amide bonds. The molecule has 1 saturated heterocycles. The number of nitrogens with zero attached hydrogens (tertiary/aromatic N) is 3. The molecule has 7 heteroatoms. The van der Waals surface area contributed by atoms with Gasteiger partial charge in [0.1, 0.15) is 11.6 Å². The number of Topliss-reactive ketones (excluding diaryl/α,β-unsaturated/α-hetero) is 1.